The third kappa shape index (κ3) is 4.02. The number of rotatable bonds is 4. The maximum atomic E-state index is 10.5. The van der Waals surface area contributed by atoms with Crippen molar-refractivity contribution in [2.75, 3.05) is 0 Å². The highest BCUT2D eigenvalue weighted by Crippen LogP contribution is 2.18. The van der Waals surface area contributed by atoms with Crippen molar-refractivity contribution in [3.63, 3.8) is 0 Å². The molecule has 0 aliphatic heterocycles. The highest BCUT2D eigenvalue weighted by Gasteiger charge is 2.09. The maximum Gasteiger partial charge on any atom is 0.307 e. The molecule has 0 amide bonds. The number of carboxylic acid groups (broad SMARTS) is 1. The van der Waals surface area contributed by atoms with Crippen LogP contribution in [0.4, 0.5) is 0 Å². The first kappa shape index (κ1) is 11.6. The first-order chi connectivity index (χ1) is 6.97. The van der Waals surface area contributed by atoms with Crippen LogP contribution in [0.25, 0.3) is 0 Å². The molecule has 1 atom stereocenters. The summed E-state index contributed by atoms with van der Waals surface area (Å²) in [5.74, 6) is -0.104. The van der Waals surface area contributed by atoms with Crippen LogP contribution in [0.2, 0.25) is 0 Å². The Hall–Kier alpha value is -1.51. The summed E-state index contributed by atoms with van der Waals surface area (Å²) >= 11 is 0. The van der Waals surface area contributed by atoms with Crippen LogP contribution < -0.4 is 4.74 Å². The van der Waals surface area contributed by atoms with Gasteiger partial charge in [0.05, 0.1) is 6.42 Å². The van der Waals surface area contributed by atoms with Gasteiger partial charge in [-0.1, -0.05) is 6.07 Å². The Bertz CT molecular complexity index is 338. The van der Waals surface area contributed by atoms with E-state index in [0.717, 1.165) is 16.9 Å². The van der Waals surface area contributed by atoms with Crippen LogP contribution in [-0.2, 0) is 4.79 Å². The number of benzene rings is 1. The second kappa shape index (κ2) is 4.82. The molecule has 0 saturated carbocycles. The lowest BCUT2D eigenvalue weighted by Gasteiger charge is -2.13. The smallest absolute Gasteiger partial charge is 0.307 e. The molecule has 1 N–H and O–H groups in total. The zero-order chi connectivity index (χ0) is 11.4. The van der Waals surface area contributed by atoms with Gasteiger partial charge in [-0.05, 0) is 44.0 Å². The van der Waals surface area contributed by atoms with Crippen molar-refractivity contribution in [2.24, 2.45) is 0 Å². The summed E-state index contributed by atoms with van der Waals surface area (Å²) < 4.78 is 5.51. The number of carbonyl (C=O) groups is 1. The van der Waals surface area contributed by atoms with Crippen molar-refractivity contribution in [2.45, 2.75) is 33.3 Å². The molecule has 0 saturated heterocycles. The Kier molecular flexibility index (Phi) is 3.72. The van der Waals surface area contributed by atoms with Gasteiger partial charge in [0.1, 0.15) is 11.9 Å². The molecule has 1 rings (SSSR count). The van der Waals surface area contributed by atoms with Gasteiger partial charge >= 0.3 is 5.97 Å². The average Bonchev–Trinajstić information content (AvgIpc) is 1.98. The minimum atomic E-state index is -0.841. The van der Waals surface area contributed by atoms with Crippen LogP contribution in [0.1, 0.15) is 24.5 Å². The zero-order valence-electron chi connectivity index (χ0n) is 9.28. The lowest BCUT2D eigenvalue weighted by molar-refractivity contribution is -0.138. The molecule has 0 unspecified atom stereocenters. The first-order valence-corrected chi connectivity index (χ1v) is 4.94. The third-order valence-corrected chi connectivity index (χ3v) is 1.99. The predicted molar refractivity (Wildman–Crippen MR) is 58.3 cm³/mol. The van der Waals surface area contributed by atoms with Crippen LogP contribution in [0.5, 0.6) is 5.75 Å². The summed E-state index contributed by atoms with van der Waals surface area (Å²) in [7, 11) is 0. The summed E-state index contributed by atoms with van der Waals surface area (Å²) in [6, 6.07) is 5.87. The molecule has 1 aromatic carbocycles. The summed E-state index contributed by atoms with van der Waals surface area (Å²) in [6.45, 7) is 5.73. The maximum absolute atomic E-state index is 10.5. The number of carboxylic acids is 1. The van der Waals surface area contributed by atoms with Gasteiger partial charge in [-0.3, -0.25) is 4.79 Å². The van der Waals surface area contributed by atoms with E-state index in [1.54, 1.807) is 6.92 Å². The van der Waals surface area contributed by atoms with E-state index < -0.39 is 5.97 Å². The predicted octanol–water partition coefficient (Wildman–Crippen LogP) is 2.55. The van der Waals surface area contributed by atoms with Crippen molar-refractivity contribution in [1.82, 2.24) is 0 Å². The van der Waals surface area contributed by atoms with Gasteiger partial charge in [0.15, 0.2) is 0 Å². The summed E-state index contributed by atoms with van der Waals surface area (Å²) in [6.07, 6.45) is -0.281. The standard InChI is InChI=1S/C12H16O3/c1-8-4-9(2)6-11(5-8)15-10(3)7-12(13)14/h4-6,10H,7H2,1-3H3,(H,13,14)/t10-/m1/s1. The number of ether oxygens (including phenoxy) is 1. The number of aryl methyl sites for hydroxylation is 2. The van der Waals surface area contributed by atoms with Crippen LogP contribution in [0.15, 0.2) is 18.2 Å². The second-order valence-electron chi connectivity index (χ2n) is 3.85. The monoisotopic (exact) mass is 208 g/mol. The molecule has 0 radical (unpaired) electrons. The van der Waals surface area contributed by atoms with Gasteiger partial charge in [-0.2, -0.15) is 0 Å². The van der Waals surface area contributed by atoms with E-state index in [-0.39, 0.29) is 12.5 Å². The average molecular weight is 208 g/mol. The van der Waals surface area contributed by atoms with Crippen LogP contribution >= 0.6 is 0 Å². The number of hydrogen-bond donors (Lipinski definition) is 1. The van der Waals surface area contributed by atoms with Crippen LogP contribution in [0, 0.1) is 13.8 Å². The molecule has 0 spiro atoms. The van der Waals surface area contributed by atoms with Crippen molar-refractivity contribution in [1.29, 1.82) is 0 Å². The fraction of sp³-hybridized carbons (Fsp3) is 0.417. The number of hydrogen-bond acceptors (Lipinski definition) is 2. The first-order valence-electron chi connectivity index (χ1n) is 4.94. The fourth-order valence-electron chi connectivity index (χ4n) is 1.52. The number of aliphatic carboxylic acids is 1. The molecule has 3 nitrogen and oxygen atoms in total. The molecule has 0 aromatic heterocycles. The molecule has 1 aromatic rings. The quantitative estimate of drug-likeness (QED) is 0.827. The van der Waals surface area contributed by atoms with Gasteiger partial charge in [-0.25, -0.2) is 0 Å². The Morgan fingerprint density at radius 2 is 1.87 bits per heavy atom. The van der Waals surface area contributed by atoms with E-state index in [4.69, 9.17) is 9.84 Å². The SMILES string of the molecule is Cc1cc(C)cc(O[C@H](C)CC(=O)O)c1. The third-order valence-electron chi connectivity index (χ3n) is 1.99. The lowest BCUT2D eigenvalue weighted by Crippen LogP contribution is -2.16. The molecule has 3 heteroatoms. The van der Waals surface area contributed by atoms with E-state index in [0.29, 0.717) is 0 Å². The molecule has 0 aliphatic rings. The molecule has 0 fully saturated rings. The highest BCUT2D eigenvalue weighted by molar-refractivity contribution is 5.67. The van der Waals surface area contributed by atoms with Crippen molar-refractivity contribution in [3.05, 3.63) is 29.3 Å². The van der Waals surface area contributed by atoms with Gasteiger partial charge < -0.3 is 9.84 Å². The minimum absolute atomic E-state index is 0.0208. The molecule has 82 valence electrons. The molecular formula is C12H16O3. The van der Waals surface area contributed by atoms with Gasteiger partial charge in [0, 0.05) is 0 Å². The highest BCUT2D eigenvalue weighted by atomic mass is 16.5. The Labute approximate surface area is 89.7 Å². The molecule has 15 heavy (non-hydrogen) atoms. The summed E-state index contributed by atoms with van der Waals surface area (Å²) in [5.41, 5.74) is 2.24. The Morgan fingerprint density at radius 3 is 2.33 bits per heavy atom. The van der Waals surface area contributed by atoms with Crippen molar-refractivity contribution >= 4 is 5.97 Å². The molecular weight excluding hydrogens is 192 g/mol. The van der Waals surface area contributed by atoms with Crippen LogP contribution in [0.3, 0.4) is 0 Å². The topological polar surface area (TPSA) is 46.5 Å². The van der Waals surface area contributed by atoms with Gasteiger partial charge in [0.25, 0.3) is 0 Å². The second-order valence-corrected chi connectivity index (χ2v) is 3.85. The summed E-state index contributed by atoms with van der Waals surface area (Å²) in [5, 5.41) is 8.59. The van der Waals surface area contributed by atoms with E-state index in [2.05, 4.69) is 6.07 Å². The Balaban J connectivity index is 2.67. The Morgan fingerprint density at radius 1 is 1.33 bits per heavy atom. The van der Waals surface area contributed by atoms with Crippen molar-refractivity contribution in [3.8, 4) is 5.75 Å². The van der Waals surface area contributed by atoms with Crippen molar-refractivity contribution < 1.29 is 14.6 Å². The molecule has 0 aliphatic carbocycles. The minimum Gasteiger partial charge on any atom is -0.490 e. The summed E-state index contributed by atoms with van der Waals surface area (Å²) in [4.78, 5) is 10.5. The molecule has 0 bridgehead atoms. The zero-order valence-corrected chi connectivity index (χ0v) is 9.28. The normalized spacial score (nSPS) is 12.2. The fourth-order valence-corrected chi connectivity index (χ4v) is 1.52. The largest absolute Gasteiger partial charge is 0.490 e. The van der Waals surface area contributed by atoms with E-state index in [9.17, 15) is 4.79 Å². The van der Waals surface area contributed by atoms with Gasteiger partial charge in [-0.15, -0.1) is 0 Å². The van der Waals surface area contributed by atoms with E-state index in [1.807, 2.05) is 26.0 Å². The van der Waals surface area contributed by atoms with E-state index in [1.165, 1.54) is 0 Å². The lowest BCUT2D eigenvalue weighted by atomic mass is 10.1. The molecule has 0 heterocycles. The van der Waals surface area contributed by atoms with Gasteiger partial charge in [0.2, 0.25) is 0 Å². The van der Waals surface area contributed by atoms with Crippen LogP contribution in [-0.4, -0.2) is 17.2 Å². The van der Waals surface area contributed by atoms with E-state index >= 15 is 0 Å².